The van der Waals surface area contributed by atoms with Crippen LogP contribution in [0.4, 0.5) is 4.39 Å². The number of morpholine rings is 1. The molecule has 4 nitrogen and oxygen atoms in total. The predicted molar refractivity (Wildman–Crippen MR) is 84.3 cm³/mol. The third-order valence-electron chi connectivity index (χ3n) is 5.15. The number of methoxy groups -OCH3 is 1. The molecule has 1 aliphatic heterocycles. The Morgan fingerprint density at radius 1 is 1.43 bits per heavy atom. The maximum Gasteiger partial charge on any atom is 0.124 e. The fourth-order valence-electron chi connectivity index (χ4n) is 3.94. The van der Waals surface area contributed by atoms with E-state index in [9.17, 15) is 9.65 Å². The standard InChI is InChI=1S/C18H23FN2O2/c1-22-18-4-2-3-16(18)17-12-23-8-7-21(17)11-13-5-6-15(19)9-14(13)10-20/h5-6,9,16-18H,2-4,7-8,11-12H2,1H3. The maximum absolute atomic E-state index is 13.3. The molecule has 1 aliphatic carbocycles. The first kappa shape index (κ1) is 16.4. The van der Waals surface area contributed by atoms with Crippen LogP contribution in [0, 0.1) is 23.1 Å². The number of hydrogen-bond donors (Lipinski definition) is 0. The molecule has 3 unspecified atom stereocenters. The highest BCUT2D eigenvalue weighted by atomic mass is 19.1. The van der Waals surface area contributed by atoms with Crippen molar-refractivity contribution >= 4 is 0 Å². The van der Waals surface area contributed by atoms with Gasteiger partial charge in [-0.05, 0) is 30.5 Å². The molecule has 1 aromatic rings. The molecule has 3 rings (SSSR count). The molecule has 0 aromatic heterocycles. The molecule has 2 fully saturated rings. The highest BCUT2D eigenvalue weighted by Crippen LogP contribution is 2.34. The van der Waals surface area contributed by atoms with E-state index in [1.165, 1.54) is 18.6 Å². The van der Waals surface area contributed by atoms with Crippen LogP contribution >= 0.6 is 0 Å². The fraction of sp³-hybridized carbons (Fsp3) is 0.611. The van der Waals surface area contributed by atoms with Gasteiger partial charge in [-0.25, -0.2) is 4.39 Å². The first-order valence-electron chi connectivity index (χ1n) is 8.26. The number of nitriles is 1. The van der Waals surface area contributed by atoms with Gasteiger partial charge in [-0.2, -0.15) is 5.26 Å². The van der Waals surface area contributed by atoms with Crippen LogP contribution in [0.25, 0.3) is 0 Å². The van der Waals surface area contributed by atoms with Gasteiger partial charge >= 0.3 is 0 Å². The lowest BCUT2D eigenvalue weighted by molar-refractivity contribution is -0.0608. The number of rotatable bonds is 4. The minimum absolute atomic E-state index is 0.285. The van der Waals surface area contributed by atoms with Gasteiger partial charge in [0, 0.05) is 32.2 Å². The Morgan fingerprint density at radius 3 is 3.09 bits per heavy atom. The number of halogens is 1. The van der Waals surface area contributed by atoms with E-state index in [-0.39, 0.29) is 11.9 Å². The van der Waals surface area contributed by atoms with Crippen LogP contribution in [-0.4, -0.2) is 43.9 Å². The minimum atomic E-state index is -0.362. The molecule has 5 heteroatoms. The Morgan fingerprint density at radius 2 is 2.30 bits per heavy atom. The van der Waals surface area contributed by atoms with Crippen LogP contribution in [0.2, 0.25) is 0 Å². The number of hydrogen-bond acceptors (Lipinski definition) is 4. The van der Waals surface area contributed by atoms with Gasteiger partial charge in [0.1, 0.15) is 5.82 Å². The molecule has 3 atom stereocenters. The first-order chi connectivity index (χ1) is 11.2. The van der Waals surface area contributed by atoms with Gasteiger partial charge in [-0.1, -0.05) is 12.5 Å². The zero-order chi connectivity index (χ0) is 16.2. The van der Waals surface area contributed by atoms with Crippen molar-refractivity contribution in [2.24, 2.45) is 5.92 Å². The van der Waals surface area contributed by atoms with E-state index in [4.69, 9.17) is 9.47 Å². The second-order valence-electron chi connectivity index (χ2n) is 6.39. The molecule has 124 valence electrons. The Labute approximate surface area is 136 Å². The van der Waals surface area contributed by atoms with E-state index in [1.807, 2.05) is 0 Å². The Balaban J connectivity index is 1.78. The van der Waals surface area contributed by atoms with Gasteiger partial charge < -0.3 is 9.47 Å². The van der Waals surface area contributed by atoms with E-state index in [2.05, 4.69) is 11.0 Å². The van der Waals surface area contributed by atoms with Gasteiger partial charge in [0.25, 0.3) is 0 Å². The quantitative estimate of drug-likeness (QED) is 0.856. The summed E-state index contributed by atoms with van der Waals surface area (Å²) in [5, 5.41) is 9.25. The summed E-state index contributed by atoms with van der Waals surface area (Å²) >= 11 is 0. The summed E-state index contributed by atoms with van der Waals surface area (Å²) in [4.78, 5) is 2.37. The smallest absolute Gasteiger partial charge is 0.124 e. The van der Waals surface area contributed by atoms with Gasteiger partial charge in [-0.3, -0.25) is 4.90 Å². The molecule has 1 heterocycles. The lowest BCUT2D eigenvalue weighted by Gasteiger charge is -2.40. The fourth-order valence-corrected chi connectivity index (χ4v) is 3.94. The highest BCUT2D eigenvalue weighted by Gasteiger charge is 2.38. The van der Waals surface area contributed by atoms with E-state index in [0.29, 0.717) is 37.3 Å². The second kappa shape index (κ2) is 7.39. The third kappa shape index (κ3) is 3.55. The molecular weight excluding hydrogens is 295 g/mol. The molecule has 0 amide bonds. The van der Waals surface area contributed by atoms with Crippen LogP contribution in [-0.2, 0) is 16.0 Å². The molecule has 1 saturated heterocycles. The van der Waals surface area contributed by atoms with Gasteiger partial charge in [-0.15, -0.1) is 0 Å². The Hall–Kier alpha value is -1.48. The maximum atomic E-state index is 13.3. The predicted octanol–water partition coefficient (Wildman–Crippen LogP) is 2.71. The van der Waals surface area contributed by atoms with Crippen molar-refractivity contribution in [3.63, 3.8) is 0 Å². The SMILES string of the molecule is COC1CCCC1C1COCCN1Cc1ccc(F)cc1C#N. The summed E-state index contributed by atoms with van der Waals surface area (Å²) in [7, 11) is 1.78. The monoisotopic (exact) mass is 318 g/mol. The molecule has 1 saturated carbocycles. The van der Waals surface area contributed by atoms with E-state index in [1.54, 1.807) is 13.2 Å². The number of ether oxygens (including phenoxy) is 2. The van der Waals surface area contributed by atoms with Gasteiger partial charge in [0.2, 0.25) is 0 Å². The average Bonchev–Trinajstić information content (AvgIpc) is 3.05. The van der Waals surface area contributed by atoms with Crippen molar-refractivity contribution in [2.75, 3.05) is 26.9 Å². The van der Waals surface area contributed by atoms with Gasteiger partial charge in [0.05, 0.1) is 31.0 Å². The molecule has 0 radical (unpaired) electrons. The molecule has 23 heavy (non-hydrogen) atoms. The first-order valence-corrected chi connectivity index (χ1v) is 8.26. The minimum Gasteiger partial charge on any atom is -0.381 e. The van der Waals surface area contributed by atoms with Crippen molar-refractivity contribution in [3.05, 3.63) is 35.1 Å². The van der Waals surface area contributed by atoms with E-state index < -0.39 is 0 Å². The molecule has 0 bridgehead atoms. The zero-order valence-corrected chi connectivity index (χ0v) is 13.5. The molecule has 2 aliphatic rings. The van der Waals surface area contributed by atoms with Crippen molar-refractivity contribution in [2.45, 2.75) is 38.0 Å². The average molecular weight is 318 g/mol. The largest absolute Gasteiger partial charge is 0.381 e. The van der Waals surface area contributed by atoms with Crippen LogP contribution in [0.3, 0.4) is 0 Å². The van der Waals surface area contributed by atoms with Crippen molar-refractivity contribution in [1.82, 2.24) is 4.90 Å². The van der Waals surface area contributed by atoms with Crippen LogP contribution < -0.4 is 0 Å². The summed E-state index contributed by atoms with van der Waals surface area (Å²) in [5.74, 6) is 0.102. The molecular formula is C18H23FN2O2. The van der Waals surface area contributed by atoms with Gasteiger partial charge in [0.15, 0.2) is 0 Å². The molecule has 1 aromatic carbocycles. The van der Waals surface area contributed by atoms with Crippen molar-refractivity contribution in [1.29, 1.82) is 5.26 Å². The van der Waals surface area contributed by atoms with Crippen LogP contribution in [0.15, 0.2) is 18.2 Å². The normalized spacial score (nSPS) is 28.7. The van der Waals surface area contributed by atoms with E-state index in [0.717, 1.165) is 24.9 Å². The van der Waals surface area contributed by atoms with Crippen molar-refractivity contribution < 1.29 is 13.9 Å². The highest BCUT2D eigenvalue weighted by molar-refractivity contribution is 5.37. The topological polar surface area (TPSA) is 45.5 Å². The lowest BCUT2D eigenvalue weighted by atomic mass is 9.93. The summed E-state index contributed by atoms with van der Waals surface area (Å²) in [6.07, 6.45) is 3.73. The molecule has 0 spiro atoms. The summed E-state index contributed by atoms with van der Waals surface area (Å²) in [5.41, 5.74) is 1.30. The van der Waals surface area contributed by atoms with Crippen molar-refractivity contribution in [3.8, 4) is 6.07 Å². The number of nitrogens with zero attached hydrogens (tertiary/aromatic N) is 2. The number of benzene rings is 1. The summed E-state index contributed by atoms with van der Waals surface area (Å²) in [6.45, 7) is 2.89. The molecule has 0 N–H and O–H groups in total. The Kier molecular flexibility index (Phi) is 5.27. The summed E-state index contributed by atoms with van der Waals surface area (Å²) < 4.78 is 24.7. The van der Waals surface area contributed by atoms with E-state index >= 15 is 0 Å². The Bertz CT molecular complexity index is 587. The lowest BCUT2D eigenvalue weighted by Crippen LogP contribution is -2.50. The van der Waals surface area contributed by atoms with Crippen LogP contribution in [0.5, 0.6) is 0 Å². The zero-order valence-electron chi connectivity index (χ0n) is 13.5. The third-order valence-corrected chi connectivity index (χ3v) is 5.15. The van der Waals surface area contributed by atoms with Crippen LogP contribution in [0.1, 0.15) is 30.4 Å². The second-order valence-corrected chi connectivity index (χ2v) is 6.39. The summed E-state index contributed by atoms with van der Waals surface area (Å²) in [6, 6.07) is 6.88.